The van der Waals surface area contributed by atoms with Gasteiger partial charge in [0.15, 0.2) is 0 Å². The molecule has 25 heavy (non-hydrogen) atoms. The molecule has 2 aromatic rings. The van der Waals surface area contributed by atoms with Crippen molar-refractivity contribution < 1.29 is 0 Å². The predicted molar refractivity (Wildman–Crippen MR) is 108 cm³/mol. The molecule has 0 bridgehead atoms. The van der Waals surface area contributed by atoms with Gasteiger partial charge in [0.2, 0.25) is 5.95 Å². The molecule has 0 aliphatic heterocycles. The lowest BCUT2D eigenvalue weighted by Gasteiger charge is -2.21. The lowest BCUT2D eigenvalue weighted by molar-refractivity contribution is 0.606. The van der Waals surface area contributed by atoms with E-state index >= 15 is 0 Å². The number of hydrogen-bond donors (Lipinski definition) is 2. The number of benzene rings is 1. The first-order valence-corrected chi connectivity index (χ1v) is 9.23. The van der Waals surface area contributed by atoms with E-state index in [2.05, 4.69) is 77.5 Å². The smallest absolute Gasteiger partial charge is 0.229 e. The van der Waals surface area contributed by atoms with Gasteiger partial charge in [-0.3, -0.25) is 0 Å². The molecule has 0 unspecified atom stereocenters. The number of aromatic nitrogens is 2. The molecule has 1 aromatic carbocycles. The van der Waals surface area contributed by atoms with Crippen molar-refractivity contribution in [2.24, 2.45) is 5.92 Å². The van der Waals surface area contributed by atoms with Gasteiger partial charge in [-0.05, 0) is 57.4 Å². The third-order valence-electron chi connectivity index (χ3n) is 4.13. The maximum absolute atomic E-state index is 4.57. The van der Waals surface area contributed by atoms with Crippen molar-refractivity contribution in [2.45, 2.75) is 41.0 Å². The Morgan fingerprint density at radius 3 is 2.32 bits per heavy atom. The fourth-order valence-electron chi connectivity index (χ4n) is 2.68. The second-order valence-corrected chi connectivity index (χ2v) is 6.67. The summed E-state index contributed by atoms with van der Waals surface area (Å²) in [5, 5.41) is 6.69. The molecule has 0 radical (unpaired) electrons. The van der Waals surface area contributed by atoms with E-state index in [0.717, 1.165) is 43.3 Å². The minimum Gasteiger partial charge on any atom is -0.372 e. The van der Waals surface area contributed by atoms with Crippen LogP contribution in [-0.2, 0) is 0 Å². The van der Waals surface area contributed by atoms with Crippen LogP contribution in [0.3, 0.4) is 0 Å². The SMILES string of the molecule is CCN(CC)c1ccc(Nc2nc(C)cc(NCCC(C)C)n2)cc1. The monoisotopic (exact) mass is 341 g/mol. The summed E-state index contributed by atoms with van der Waals surface area (Å²) in [6, 6.07) is 10.4. The molecule has 0 aliphatic rings. The maximum atomic E-state index is 4.57. The summed E-state index contributed by atoms with van der Waals surface area (Å²) in [4.78, 5) is 11.4. The molecule has 136 valence electrons. The Morgan fingerprint density at radius 2 is 1.72 bits per heavy atom. The second-order valence-electron chi connectivity index (χ2n) is 6.67. The van der Waals surface area contributed by atoms with Gasteiger partial charge in [0.1, 0.15) is 5.82 Å². The van der Waals surface area contributed by atoms with Crippen LogP contribution >= 0.6 is 0 Å². The number of rotatable bonds is 9. The molecular formula is C20H31N5. The van der Waals surface area contributed by atoms with Crippen molar-refractivity contribution in [2.75, 3.05) is 35.2 Å². The molecule has 0 atom stereocenters. The molecule has 0 amide bonds. The number of hydrogen-bond acceptors (Lipinski definition) is 5. The number of nitrogens with one attached hydrogen (secondary N) is 2. The van der Waals surface area contributed by atoms with Crippen molar-refractivity contribution in [3.63, 3.8) is 0 Å². The summed E-state index contributed by atoms with van der Waals surface area (Å²) in [6.07, 6.45) is 1.12. The van der Waals surface area contributed by atoms with Gasteiger partial charge < -0.3 is 15.5 Å². The minimum absolute atomic E-state index is 0.627. The van der Waals surface area contributed by atoms with Gasteiger partial charge in [-0.2, -0.15) is 4.98 Å². The summed E-state index contributed by atoms with van der Waals surface area (Å²) < 4.78 is 0. The number of anilines is 4. The number of nitrogens with zero attached hydrogens (tertiary/aromatic N) is 3. The van der Waals surface area contributed by atoms with Gasteiger partial charge in [-0.15, -0.1) is 0 Å². The lowest BCUT2D eigenvalue weighted by Crippen LogP contribution is -2.21. The maximum Gasteiger partial charge on any atom is 0.229 e. The summed E-state index contributed by atoms with van der Waals surface area (Å²) in [6.45, 7) is 13.7. The normalized spacial score (nSPS) is 10.8. The summed E-state index contributed by atoms with van der Waals surface area (Å²) in [5.41, 5.74) is 3.18. The Balaban J connectivity index is 2.05. The molecule has 0 saturated carbocycles. The molecule has 5 heteroatoms. The van der Waals surface area contributed by atoms with E-state index in [4.69, 9.17) is 0 Å². The van der Waals surface area contributed by atoms with Gasteiger partial charge in [0.05, 0.1) is 0 Å². The molecule has 0 saturated heterocycles. The third kappa shape index (κ3) is 5.93. The van der Waals surface area contributed by atoms with Gasteiger partial charge in [0.25, 0.3) is 0 Å². The zero-order chi connectivity index (χ0) is 18.2. The van der Waals surface area contributed by atoms with E-state index < -0.39 is 0 Å². The number of aryl methyl sites for hydroxylation is 1. The van der Waals surface area contributed by atoms with Crippen LogP contribution in [0.25, 0.3) is 0 Å². The van der Waals surface area contributed by atoms with E-state index in [9.17, 15) is 0 Å². The first-order valence-electron chi connectivity index (χ1n) is 9.23. The highest BCUT2D eigenvalue weighted by Gasteiger charge is 2.05. The zero-order valence-electron chi connectivity index (χ0n) is 16.1. The Morgan fingerprint density at radius 1 is 1.04 bits per heavy atom. The van der Waals surface area contributed by atoms with E-state index in [0.29, 0.717) is 11.9 Å². The average Bonchev–Trinajstić information content (AvgIpc) is 2.56. The van der Waals surface area contributed by atoms with E-state index in [-0.39, 0.29) is 0 Å². The lowest BCUT2D eigenvalue weighted by atomic mass is 10.1. The minimum atomic E-state index is 0.627. The molecule has 0 spiro atoms. The van der Waals surface area contributed by atoms with E-state index in [1.807, 2.05) is 13.0 Å². The Kier molecular flexibility index (Phi) is 7.04. The first-order chi connectivity index (χ1) is 12.0. The Labute approximate surface area is 151 Å². The van der Waals surface area contributed by atoms with Crippen LogP contribution < -0.4 is 15.5 Å². The molecule has 2 rings (SSSR count). The second kappa shape index (κ2) is 9.25. The van der Waals surface area contributed by atoms with Crippen molar-refractivity contribution in [1.29, 1.82) is 0 Å². The molecule has 2 N–H and O–H groups in total. The zero-order valence-corrected chi connectivity index (χ0v) is 16.1. The van der Waals surface area contributed by atoms with Crippen LogP contribution in [0.2, 0.25) is 0 Å². The van der Waals surface area contributed by atoms with Crippen LogP contribution in [0, 0.1) is 12.8 Å². The fourth-order valence-corrected chi connectivity index (χ4v) is 2.68. The van der Waals surface area contributed by atoms with Gasteiger partial charge in [-0.25, -0.2) is 4.98 Å². The summed E-state index contributed by atoms with van der Waals surface area (Å²) >= 11 is 0. The molecular weight excluding hydrogens is 310 g/mol. The quantitative estimate of drug-likeness (QED) is 0.684. The van der Waals surface area contributed by atoms with Crippen molar-refractivity contribution in [3.8, 4) is 0 Å². The standard InChI is InChI=1S/C20H31N5/c1-6-25(7-2)18-10-8-17(9-11-18)23-20-22-16(5)14-19(24-20)21-13-12-15(3)4/h8-11,14-15H,6-7,12-13H2,1-5H3,(H2,21,22,23,24). The largest absolute Gasteiger partial charge is 0.372 e. The van der Waals surface area contributed by atoms with Crippen molar-refractivity contribution in [3.05, 3.63) is 36.0 Å². The van der Waals surface area contributed by atoms with Crippen molar-refractivity contribution >= 4 is 23.1 Å². The molecule has 1 heterocycles. The summed E-state index contributed by atoms with van der Waals surface area (Å²) in [7, 11) is 0. The highest BCUT2D eigenvalue weighted by Crippen LogP contribution is 2.20. The third-order valence-corrected chi connectivity index (χ3v) is 4.13. The van der Waals surface area contributed by atoms with Crippen molar-refractivity contribution in [1.82, 2.24) is 9.97 Å². The summed E-state index contributed by atoms with van der Waals surface area (Å²) in [5.74, 6) is 2.18. The van der Waals surface area contributed by atoms with Crippen LogP contribution in [0.1, 0.15) is 39.8 Å². The Hall–Kier alpha value is -2.30. The molecule has 5 nitrogen and oxygen atoms in total. The van der Waals surface area contributed by atoms with Crippen LogP contribution in [0.4, 0.5) is 23.1 Å². The molecule has 0 fully saturated rings. The Bertz CT molecular complexity index is 648. The fraction of sp³-hybridized carbons (Fsp3) is 0.500. The van der Waals surface area contributed by atoms with Crippen LogP contribution in [-0.4, -0.2) is 29.6 Å². The first kappa shape index (κ1) is 19.0. The highest BCUT2D eigenvalue weighted by molar-refractivity contribution is 5.60. The van der Waals surface area contributed by atoms with Crippen LogP contribution in [0.5, 0.6) is 0 Å². The van der Waals surface area contributed by atoms with Gasteiger partial charge in [0, 0.05) is 42.8 Å². The topological polar surface area (TPSA) is 53.1 Å². The molecule has 0 aliphatic carbocycles. The van der Waals surface area contributed by atoms with Gasteiger partial charge >= 0.3 is 0 Å². The predicted octanol–water partition coefficient (Wildman–Crippen LogP) is 4.83. The van der Waals surface area contributed by atoms with Gasteiger partial charge in [-0.1, -0.05) is 13.8 Å². The average molecular weight is 342 g/mol. The van der Waals surface area contributed by atoms with E-state index in [1.54, 1.807) is 0 Å². The van der Waals surface area contributed by atoms with E-state index in [1.165, 1.54) is 5.69 Å². The van der Waals surface area contributed by atoms with Crippen LogP contribution in [0.15, 0.2) is 30.3 Å². The highest BCUT2D eigenvalue weighted by atomic mass is 15.1. The molecule has 1 aromatic heterocycles.